The fourth-order valence-corrected chi connectivity index (χ4v) is 2.03. The zero-order chi connectivity index (χ0) is 10.1. The first-order valence-electron chi connectivity index (χ1n) is 5.10. The maximum atomic E-state index is 4.14. The first-order chi connectivity index (χ1) is 6.65. The highest BCUT2D eigenvalue weighted by molar-refractivity contribution is 5.39. The van der Waals surface area contributed by atoms with Gasteiger partial charge in [0, 0.05) is 31.9 Å². The van der Waals surface area contributed by atoms with E-state index in [1.807, 2.05) is 24.1 Å². The summed E-state index contributed by atoms with van der Waals surface area (Å²) in [5.41, 5.74) is 1.13. The van der Waals surface area contributed by atoms with Gasteiger partial charge in [-0.15, -0.1) is 0 Å². The van der Waals surface area contributed by atoms with Gasteiger partial charge in [0.2, 0.25) is 0 Å². The Hall–Kier alpha value is -1.03. The van der Waals surface area contributed by atoms with Crippen molar-refractivity contribution in [2.24, 2.45) is 7.05 Å². The molecule has 1 saturated heterocycles. The highest BCUT2D eigenvalue weighted by Crippen LogP contribution is 2.18. The van der Waals surface area contributed by atoms with Crippen molar-refractivity contribution in [1.29, 1.82) is 0 Å². The SMILES string of the molecule is CC1CC(Nc2cnn(C)c2)CN1C. The Morgan fingerprint density at radius 1 is 1.50 bits per heavy atom. The highest BCUT2D eigenvalue weighted by Gasteiger charge is 2.25. The van der Waals surface area contributed by atoms with Gasteiger partial charge in [-0.3, -0.25) is 4.68 Å². The van der Waals surface area contributed by atoms with Gasteiger partial charge >= 0.3 is 0 Å². The Morgan fingerprint density at radius 3 is 2.79 bits per heavy atom. The number of aromatic nitrogens is 2. The summed E-state index contributed by atoms with van der Waals surface area (Å²) in [6, 6.07) is 1.25. The third-order valence-electron chi connectivity index (χ3n) is 2.96. The molecule has 1 aromatic rings. The minimum Gasteiger partial charge on any atom is -0.378 e. The number of nitrogens with one attached hydrogen (secondary N) is 1. The fourth-order valence-electron chi connectivity index (χ4n) is 2.03. The third-order valence-corrected chi connectivity index (χ3v) is 2.96. The molecule has 4 nitrogen and oxygen atoms in total. The molecule has 0 aliphatic carbocycles. The molecule has 0 radical (unpaired) electrons. The third kappa shape index (κ3) is 1.90. The number of anilines is 1. The van der Waals surface area contributed by atoms with Crippen LogP contribution >= 0.6 is 0 Å². The molecule has 0 saturated carbocycles. The van der Waals surface area contributed by atoms with Crippen LogP contribution in [0.3, 0.4) is 0 Å². The maximum absolute atomic E-state index is 4.14. The van der Waals surface area contributed by atoms with E-state index in [0.29, 0.717) is 12.1 Å². The maximum Gasteiger partial charge on any atom is 0.0728 e. The number of likely N-dealkylation sites (N-methyl/N-ethyl adjacent to an activating group) is 1. The molecule has 2 rings (SSSR count). The Labute approximate surface area is 84.9 Å². The Bertz CT molecular complexity index is 297. The topological polar surface area (TPSA) is 33.1 Å². The van der Waals surface area contributed by atoms with E-state index in [0.717, 1.165) is 12.2 Å². The summed E-state index contributed by atoms with van der Waals surface area (Å²) in [6.07, 6.45) is 5.11. The summed E-state index contributed by atoms with van der Waals surface area (Å²) in [6.45, 7) is 3.39. The van der Waals surface area contributed by atoms with Crippen molar-refractivity contribution in [2.45, 2.75) is 25.4 Å². The molecule has 4 heteroatoms. The number of aryl methyl sites for hydroxylation is 1. The van der Waals surface area contributed by atoms with E-state index in [2.05, 4.69) is 29.3 Å². The van der Waals surface area contributed by atoms with Gasteiger partial charge in [-0.05, 0) is 20.4 Å². The molecular formula is C10H18N4. The first-order valence-corrected chi connectivity index (χ1v) is 5.10. The first kappa shape index (κ1) is 9.52. The van der Waals surface area contributed by atoms with Crippen LogP contribution in [-0.2, 0) is 7.05 Å². The minimum atomic E-state index is 0.569. The summed E-state index contributed by atoms with van der Waals surface area (Å²) in [5.74, 6) is 0. The average Bonchev–Trinajstić information content (AvgIpc) is 2.62. The van der Waals surface area contributed by atoms with Crippen LogP contribution in [0, 0.1) is 0 Å². The van der Waals surface area contributed by atoms with Crippen LogP contribution in [0.25, 0.3) is 0 Å². The van der Waals surface area contributed by atoms with E-state index in [1.165, 1.54) is 6.42 Å². The lowest BCUT2D eigenvalue weighted by atomic mass is 10.2. The molecular weight excluding hydrogens is 176 g/mol. The molecule has 14 heavy (non-hydrogen) atoms. The number of rotatable bonds is 2. The second-order valence-electron chi connectivity index (χ2n) is 4.27. The summed E-state index contributed by atoms with van der Waals surface area (Å²) in [4.78, 5) is 2.38. The summed E-state index contributed by atoms with van der Waals surface area (Å²) in [7, 11) is 4.12. The number of likely N-dealkylation sites (tertiary alicyclic amines) is 1. The van der Waals surface area contributed by atoms with Crippen LogP contribution < -0.4 is 5.32 Å². The highest BCUT2D eigenvalue weighted by atomic mass is 15.3. The fraction of sp³-hybridized carbons (Fsp3) is 0.700. The standard InChI is InChI=1S/C10H18N4/c1-8-4-9(6-13(8)2)12-10-5-11-14(3)7-10/h5,7-9,12H,4,6H2,1-3H3. The van der Waals surface area contributed by atoms with Gasteiger partial charge in [0.05, 0.1) is 11.9 Å². The Balaban J connectivity index is 1.93. The van der Waals surface area contributed by atoms with Crippen LogP contribution in [0.5, 0.6) is 0 Å². The van der Waals surface area contributed by atoms with Crippen LogP contribution in [0.4, 0.5) is 5.69 Å². The van der Waals surface area contributed by atoms with Gasteiger partial charge in [-0.25, -0.2) is 0 Å². The molecule has 1 N–H and O–H groups in total. The molecule has 0 aromatic carbocycles. The number of hydrogen-bond donors (Lipinski definition) is 1. The van der Waals surface area contributed by atoms with Crippen molar-refractivity contribution in [2.75, 3.05) is 18.9 Å². The largest absolute Gasteiger partial charge is 0.378 e. The van der Waals surface area contributed by atoms with E-state index < -0.39 is 0 Å². The summed E-state index contributed by atoms with van der Waals surface area (Å²) in [5, 5.41) is 7.63. The van der Waals surface area contributed by atoms with Crippen molar-refractivity contribution in [3.05, 3.63) is 12.4 Å². The average molecular weight is 194 g/mol. The molecule has 78 valence electrons. The van der Waals surface area contributed by atoms with Gasteiger partial charge in [0.1, 0.15) is 0 Å². The smallest absolute Gasteiger partial charge is 0.0728 e. The van der Waals surface area contributed by atoms with Crippen molar-refractivity contribution in [3.8, 4) is 0 Å². The number of hydrogen-bond acceptors (Lipinski definition) is 3. The second kappa shape index (κ2) is 3.61. The summed E-state index contributed by atoms with van der Waals surface area (Å²) >= 11 is 0. The molecule has 0 amide bonds. The molecule has 2 atom stereocenters. The lowest BCUT2D eigenvalue weighted by Gasteiger charge is -2.13. The van der Waals surface area contributed by atoms with Gasteiger partial charge in [0.25, 0.3) is 0 Å². The molecule has 2 unspecified atom stereocenters. The zero-order valence-electron chi connectivity index (χ0n) is 9.07. The monoisotopic (exact) mass is 194 g/mol. The van der Waals surface area contributed by atoms with Crippen molar-refractivity contribution >= 4 is 5.69 Å². The Kier molecular flexibility index (Phi) is 2.46. The summed E-state index contributed by atoms with van der Waals surface area (Å²) < 4.78 is 1.82. The van der Waals surface area contributed by atoms with Gasteiger partial charge in [-0.2, -0.15) is 5.10 Å². The van der Waals surface area contributed by atoms with Crippen molar-refractivity contribution < 1.29 is 0 Å². The number of nitrogens with zero attached hydrogens (tertiary/aromatic N) is 3. The lowest BCUT2D eigenvalue weighted by molar-refractivity contribution is 0.330. The quantitative estimate of drug-likeness (QED) is 0.760. The normalized spacial score (nSPS) is 28.2. The molecule has 0 bridgehead atoms. The molecule has 0 spiro atoms. The predicted octanol–water partition coefficient (Wildman–Crippen LogP) is 0.925. The van der Waals surface area contributed by atoms with E-state index in [4.69, 9.17) is 0 Å². The van der Waals surface area contributed by atoms with Gasteiger partial charge in [-0.1, -0.05) is 0 Å². The van der Waals surface area contributed by atoms with E-state index in [1.54, 1.807) is 0 Å². The molecule has 1 aromatic heterocycles. The Morgan fingerprint density at radius 2 is 2.29 bits per heavy atom. The van der Waals surface area contributed by atoms with Crippen LogP contribution in [0.1, 0.15) is 13.3 Å². The minimum absolute atomic E-state index is 0.569. The second-order valence-corrected chi connectivity index (χ2v) is 4.27. The molecule has 1 aliphatic heterocycles. The molecule has 2 heterocycles. The predicted molar refractivity (Wildman–Crippen MR) is 57.3 cm³/mol. The lowest BCUT2D eigenvalue weighted by Crippen LogP contribution is -2.24. The van der Waals surface area contributed by atoms with Crippen molar-refractivity contribution in [3.63, 3.8) is 0 Å². The van der Waals surface area contributed by atoms with Gasteiger partial charge < -0.3 is 10.2 Å². The van der Waals surface area contributed by atoms with E-state index in [-0.39, 0.29) is 0 Å². The zero-order valence-corrected chi connectivity index (χ0v) is 9.07. The molecule has 1 aliphatic rings. The van der Waals surface area contributed by atoms with Crippen LogP contribution in [-0.4, -0.2) is 40.4 Å². The van der Waals surface area contributed by atoms with Crippen LogP contribution in [0.15, 0.2) is 12.4 Å². The van der Waals surface area contributed by atoms with E-state index >= 15 is 0 Å². The van der Waals surface area contributed by atoms with E-state index in [9.17, 15) is 0 Å². The van der Waals surface area contributed by atoms with Gasteiger partial charge in [0.15, 0.2) is 0 Å². The molecule has 1 fully saturated rings. The van der Waals surface area contributed by atoms with Crippen LogP contribution in [0.2, 0.25) is 0 Å². The van der Waals surface area contributed by atoms with Crippen molar-refractivity contribution in [1.82, 2.24) is 14.7 Å².